The summed E-state index contributed by atoms with van der Waals surface area (Å²) in [5.41, 5.74) is -0.584. The number of halogens is 1. The van der Waals surface area contributed by atoms with E-state index in [0.717, 1.165) is 9.44 Å². The van der Waals surface area contributed by atoms with E-state index in [1.54, 1.807) is 30.3 Å². The number of aromatic nitrogens is 2. The van der Waals surface area contributed by atoms with Crippen molar-refractivity contribution < 1.29 is 4.79 Å². The molecule has 1 aromatic carbocycles. The van der Waals surface area contributed by atoms with Crippen LogP contribution in [0.1, 0.15) is 4.88 Å². The monoisotopic (exact) mass is 349 g/mol. The van der Waals surface area contributed by atoms with Gasteiger partial charge in [-0.3, -0.25) is 19.1 Å². The van der Waals surface area contributed by atoms with Gasteiger partial charge in [-0.05, 0) is 31.2 Å². The van der Waals surface area contributed by atoms with Crippen LogP contribution in [-0.2, 0) is 11.3 Å². The summed E-state index contributed by atoms with van der Waals surface area (Å²) >= 11 is 7.17. The Hall–Kier alpha value is -2.38. The third-order valence-electron chi connectivity index (χ3n) is 3.21. The lowest BCUT2D eigenvalue weighted by atomic mass is 10.3. The Kier molecular flexibility index (Phi) is 4.06. The molecular weight excluding hydrogens is 338 g/mol. The first-order chi connectivity index (χ1) is 10.9. The van der Waals surface area contributed by atoms with Gasteiger partial charge in [0.1, 0.15) is 11.4 Å². The number of carbonyl (C=O) groups is 1. The molecule has 2 heterocycles. The van der Waals surface area contributed by atoms with Crippen LogP contribution in [0.15, 0.2) is 39.9 Å². The van der Waals surface area contributed by atoms with Gasteiger partial charge in [-0.1, -0.05) is 17.7 Å². The normalized spacial score (nSPS) is 10.9. The lowest BCUT2D eigenvalue weighted by Gasteiger charge is -2.07. The third kappa shape index (κ3) is 3.20. The molecule has 8 heteroatoms. The van der Waals surface area contributed by atoms with Crippen LogP contribution in [0.5, 0.6) is 0 Å². The summed E-state index contributed by atoms with van der Waals surface area (Å²) in [5.74, 6) is -0.480. The Morgan fingerprint density at radius 2 is 2.13 bits per heavy atom. The third-order valence-corrected chi connectivity index (χ3v) is 4.41. The smallest absolute Gasteiger partial charge is 0.324 e. The van der Waals surface area contributed by atoms with Gasteiger partial charge in [0.05, 0.1) is 5.39 Å². The molecule has 2 N–H and O–H groups in total. The van der Waals surface area contributed by atoms with Crippen molar-refractivity contribution in [1.29, 1.82) is 0 Å². The summed E-state index contributed by atoms with van der Waals surface area (Å²) in [7, 11) is 0. The number of anilines is 1. The minimum absolute atomic E-state index is 0.370. The van der Waals surface area contributed by atoms with Crippen molar-refractivity contribution in [1.82, 2.24) is 9.55 Å². The molecule has 23 heavy (non-hydrogen) atoms. The number of thiophene rings is 1. The van der Waals surface area contributed by atoms with Crippen LogP contribution in [0.25, 0.3) is 10.2 Å². The van der Waals surface area contributed by atoms with Crippen molar-refractivity contribution >= 4 is 44.7 Å². The van der Waals surface area contributed by atoms with E-state index in [9.17, 15) is 14.4 Å². The van der Waals surface area contributed by atoms with Crippen LogP contribution in [0.2, 0.25) is 5.02 Å². The average molecular weight is 350 g/mol. The van der Waals surface area contributed by atoms with Gasteiger partial charge in [0.2, 0.25) is 5.91 Å². The van der Waals surface area contributed by atoms with Crippen molar-refractivity contribution in [3.8, 4) is 0 Å². The zero-order valence-electron chi connectivity index (χ0n) is 12.1. The molecule has 0 spiro atoms. The molecule has 0 aliphatic heterocycles. The molecule has 0 saturated carbocycles. The van der Waals surface area contributed by atoms with E-state index in [4.69, 9.17) is 11.6 Å². The summed E-state index contributed by atoms with van der Waals surface area (Å²) in [6.07, 6.45) is 0. The highest BCUT2D eigenvalue weighted by atomic mass is 35.5. The van der Waals surface area contributed by atoms with Gasteiger partial charge in [-0.2, -0.15) is 0 Å². The molecule has 6 nitrogen and oxygen atoms in total. The molecule has 0 unspecified atom stereocenters. The summed E-state index contributed by atoms with van der Waals surface area (Å²) in [6.45, 7) is 1.48. The van der Waals surface area contributed by atoms with E-state index in [-0.39, 0.29) is 6.54 Å². The molecule has 0 fully saturated rings. The first-order valence-electron chi connectivity index (χ1n) is 6.73. The molecule has 3 aromatic rings. The van der Waals surface area contributed by atoms with Gasteiger partial charge in [0, 0.05) is 15.6 Å². The predicted octanol–water partition coefficient (Wildman–Crippen LogP) is 2.35. The van der Waals surface area contributed by atoms with E-state index in [1.807, 2.05) is 6.92 Å². The summed E-state index contributed by atoms with van der Waals surface area (Å²) < 4.78 is 0.883. The predicted molar refractivity (Wildman–Crippen MR) is 91.5 cm³/mol. The Bertz CT molecular complexity index is 1020. The topological polar surface area (TPSA) is 84.0 Å². The Balaban J connectivity index is 1.90. The van der Waals surface area contributed by atoms with E-state index in [2.05, 4.69) is 10.3 Å². The number of aryl methyl sites for hydroxylation is 1. The maximum atomic E-state index is 12.4. The summed E-state index contributed by atoms with van der Waals surface area (Å²) in [5, 5.41) is 3.49. The highest BCUT2D eigenvalue weighted by Crippen LogP contribution is 2.18. The lowest BCUT2D eigenvalue weighted by molar-refractivity contribution is -0.116. The van der Waals surface area contributed by atoms with Gasteiger partial charge in [-0.15, -0.1) is 11.3 Å². The molecule has 0 bridgehead atoms. The van der Waals surface area contributed by atoms with E-state index >= 15 is 0 Å². The van der Waals surface area contributed by atoms with Crippen LogP contribution < -0.4 is 16.6 Å². The molecule has 118 valence electrons. The minimum Gasteiger partial charge on any atom is -0.324 e. The van der Waals surface area contributed by atoms with E-state index in [1.165, 1.54) is 11.3 Å². The number of nitrogens with zero attached hydrogens (tertiary/aromatic N) is 1. The van der Waals surface area contributed by atoms with Crippen LogP contribution in [-0.4, -0.2) is 15.5 Å². The second-order valence-electron chi connectivity index (χ2n) is 4.98. The molecule has 0 saturated heterocycles. The zero-order chi connectivity index (χ0) is 16.6. The molecule has 1 amide bonds. The Morgan fingerprint density at radius 1 is 1.35 bits per heavy atom. The van der Waals surface area contributed by atoms with Crippen molar-refractivity contribution in [2.24, 2.45) is 0 Å². The van der Waals surface area contributed by atoms with Gasteiger partial charge in [-0.25, -0.2) is 4.79 Å². The van der Waals surface area contributed by atoms with Gasteiger partial charge >= 0.3 is 5.69 Å². The van der Waals surface area contributed by atoms with Crippen LogP contribution in [0.4, 0.5) is 5.69 Å². The minimum atomic E-state index is -0.606. The molecule has 0 aliphatic rings. The molecule has 0 aliphatic carbocycles. The quantitative estimate of drug-likeness (QED) is 0.761. The molecule has 0 radical (unpaired) electrons. The van der Waals surface area contributed by atoms with Gasteiger partial charge < -0.3 is 5.32 Å². The number of carbonyl (C=O) groups excluding carboxylic acids is 1. The average Bonchev–Trinajstić information content (AvgIpc) is 2.84. The fourth-order valence-corrected chi connectivity index (χ4v) is 3.31. The molecular formula is C15H12ClN3O3S. The first kappa shape index (κ1) is 15.5. The summed E-state index contributed by atoms with van der Waals surface area (Å²) in [6, 6.07) is 8.32. The second-order valence-corrected chi connectivity index (χ2v) is 6.67. The Morgan fingerprint density at radius 3 is 2.87 bits per heavy atom. The first-order valence-corrected chi connectivity index (χ1v) is 7.92. The van der Waals surface area contributed by atoms with Crippen LogP contribution in [0.3, 0.4) is 0 Å². The number of fused-ring (bicyclic) bond motifs is 1. The number of aromatic amines is 1. The summed E-state index contributed by atoms with van der Waals surface area (Å²) in [4.78, 5) is 40.5. The fourth-order valence-electron chi connectivity index (χ4n) is 2.22. The lowest BCUT2D eigenvalue weighted by Crippen LogP contribution is -2.38. The van der Waals surface area contributed by atoms with E-state index in [0.29, 0.717) is 20.9 Å². The van der Waals surface area contributed by atoms with E-state index < -0.39 is 17.2 Å². The Labute approximate surface area is 139 Å². The number of nitrogens with one attached hydrogen (secondary N) is 2. The fraction of sp³-hybridized carbons (Fsp3) is 0.133. The maximum absolute atomic E-state index is 12.4. The van der Waals surface area contributed by atoms with Crippen LogP contribution in [0, 0.1) is 6.92 Å². The molecule has 0 atom stereocenters. The van der Waals surface area contributed by atoms with Crippen LogP contribution >= 0.6 is 22.9 Å². The van der Waals surface area contributed by atoms with Crippen molar-refractivity contribution in [2.45, 2.75) is 13.5 Å². The number of H-pyrrole nitrogens is 1. The molecule has 3 rings (SSSR count). The number of hydrogen-bond donors (Lipinski definition) is 2. The number of hydrogen-bond acceptors (Lipinski definition) is 4. The van der Waals surface area contributed by atoms with Gasteiger partial charge in [0.15, 0.2) is 0 Å². The zero-order valence-corrected chi connectivity index (χ0v) is 13.6. The number of rotatable bonds is 3. The highest BCUT2D eigenvalue weighted by molar-refractivity contribution is 7.18. The number of amides is 1. The largest absolute Gasteiger partial charge is 0.329 e. The second kappa shape index (κ2) is 6.02. The molecule has 2 aromatic heterocycles. The SMILES string of the molecule is Cc1cc2c(=O)n(CC(=O)Nc3cccc(Cl)c3)c(=O)[nH]c2s1. The van der Waals surface area contributed by atoms with Crippen molar-refractivity contribution in [3.05, 3.63) is 61.1 Å². The number of benzene rings is 1. The standard InChI is InChI=1S/C15H12ClN3O3S/c1-8-5-11-13(23-8)18-15(22)19(14(11)21)7-12(20)17-10-4-2-3-9(16)6-10/h2-6H,7H2,1H3,(H,17,20)(H,18,22). The maximum Gasteiger partial charge on any atom is 0.329 e. The van der Waals surface area contributed by atoms with Crippen molar-refractivity contribution in [2.75, 3.05) is 5.32 Å². The highest BCUT2D eigenvalue weighted by Gasteiger charge is 2.13. The van der Waals surface area contributed by atoms with Crippen molar-refractivity contribution in [3.63, 3.8) is 0 Å². The van der Waals surface area contributed by atoms with Gasteiger partial charge in [0.25, 0.3) is 5.56 Å².